The van der Waals surface area contributed by atoms with E-state index in [0.29, 0.717) is 17.2 Å². The molecule has 1 aromatic carbocycles. The second kappa shape index (κ2) is 8.94. The number of hydrogen-bond donors (Lipinski definition) is 1. The summed E-state index contributed by atoms with van der Waals surface area (Å²) in [4.78, 5) is 11.8. The van der Waals surface area contributed by atoms with Gasteiger partial charge in [-0.1, -0.05) is 62.4 Å². The minimum atomic E-state index is -0.802. The van der Waals surface area contributed by atoms with E-state index in [9.17, 15) is 4.79 Å². The van der Waals surface area contributed by atoms with Crippen LogP contribution in [0.2, 0.25) is 5.02 Å². The van der Waals surface area contributed by atoms with Crippen molar-refractivity contribution in [1.29, 1.82) is 0 Å². The minimum absolute atomic E-state index is 0.413. The Hall–Kier alpha value is -1.06. The molecule has 0 saturated carbocycles. The molecular formula is C15H22ClNO2. The maximum absolute atomic E-state index is 11.8. The molecule has 3 nitrogen and oxygen atoms in total. The number of ether oxygens (including phenoxy) is 1. The second-order valence-electron chi connectivity index (χ2n) is 4.58. The van der Waals surface area contributed by atoms with E-state index < -0.39 is 12.0 Å². The Balaban J connectivity index is 2.31. The van der Waals surface area contributed by atoms with Gasteiger partial charge in [-0.25, -0.2) is 4.79 Å². The third-order valence-corrected chi connectivity index (χ3v) is 3.33. The zero-order valence-corrected chi connectivity index (χ0v) is 12.2. The highest BCUT2D eigenvalue weighted by Crippen LogP contribution is 2.21. The molecule has 2 N–H and O–H groups in total. The molecule has 1 atom stereocenters. The lowest BCUT2D eigenvalue weighted by atomic mass is 10.1. The molecule has 0 aliphatic heterocycles. The topological polar surface area (TPSA) is 52.3 Å². The number of carbonyl (C=O) groups is 1. The van der Waals surface area contributed by atoms with Gasteiger partial charge in [0, 0.05) is 5.02 Å². The van der Waals surface area contributed by atoms with Gasteiger partial charge in [-0.3, -0.25) is 0 Å². The SMILES string of the molecule is CCCCCCCOC(=O)[C@H](N)c1ccccc1Cl. The van der Waals surface area contributed by atoms with Crippen LogP contribution in [0.15, 0.2) is 24.3 Å². The van der Waals surface area contributed by atoms with Crippen LogP contribution in [0.3, 0.4) is 0 Å². The summed E-state index contributed by atoms with van der Waals surface area (Å²) in [7, 11) is 0. The van der Waals surface area contributed by atoms with Crippen LogP contribution in [0.25, 0.3) is 0 Å². The highest BCUT2D eigenvalue weighted by Gasteiger charge is 2.19. The molecule has 0 bridgehead atoms. The zero-order chi connectivity index (χ0) is 14.1. The third kappa shape index (κ3) is 5.62. The van der Waals surface area contributed by atoms with Crippen LogP contribution in [0.5, 0.6) is 0 Å². The fourth-order valence-electron chi connectivity index (χ4n) is 1.82. The van der Waals surface area contributed by atoms with Crippen LogP contribution < -0.4 is 5.73 Å². The molecule has 1 aromatic rings. The monoisotopic (exact) mass is 283 g/mol. The van der Waals surface area contributed by atoms with Crippen molar-refractivity contribution in [3.8, 4) is 0 Å². The van der Waals surface area contributed by atoms with Gasteiger partial charge in [0.05, 0.1) is 6.61 Å². The van der Waals surface area contributed by atoms with E-state index >= 15 is 0 Å². The van der Waals surface area contributed by atoms with Crippen molar-refractivity contribution in [3.63, 3.8) is 0 Å². The Kier molecular flexibility index (Phi) is 7.53. The first-order valence-corrected chi connectivity index (χ1v) is 7.21. The Bertz CT molecular complexity index is 395. The van der Waals surface area contributed by atoms with Crippen LogP contribution in [0.1, 0.15) is 50.6 Å². The van der Waals surface area contributed by atoms with E-state index in [2.05, 4.69) is 6.92 Å². The second-order valence-corrected chi connectivity index (χ2v) is 4.99. The molecule has 0 saturated heterocycles. The van der Waals surface area contributed by atoms with E-state index in [4.69, 9.17) is 22.1 Å². The predicted molar refractivity (Wildman–Crippen MR) is 78.1 cm³/mol. The number of esters is 1. The Morgan fingerprint density at radius 2 is 1.95 bits per heavy atom. The van der Waals surface area contributed by atoms with Gasteiger partial charge in [-0.05, 0) is 18.1 Å². The molecule has 0 unspecified atom stereocenters. The average molecular weight is 284 g/mol. The summed E-state index contributed by atoms with van der Waals surface area (Å²) in [6.45, 7) is 2.60. The van der Waals surface area contributed by atoms with Crippen molar-refractivity contribution < 1.29 is 9.53 Å². The Morgan fingerprint density at radius 1 is 1.26 bits per heavy atom. The first kappa shape index (κ1) is 16.0. The number of rotatable bonds is 8. The van der Waals surface area contributed by atoms with Crippen LogP contribution in [-0.4, -0.2) is 12.6 Å². The van der Waals surface area contributed by atoms with Gasteiger partial charge in [-0.2, -0.15) is 0 Å². The number of hydrogen-bond acceptors (Lipinski definition) is 3. The zero-order valence-electron chi connectivity index (χ0n) is 11.4. The van der Waals surface area contributed by atoms with E-state index in [1.807, 2.05) is 0 Å². The fraction of sp³-hybridized carbons (Fsp3) is 0.533. The highest BCUT2D eigenvalue weighted by molar-refractivity contribution is 6.31. The maximum atomic E-state index is 11.8. The Morgan fingerprint density at radius 3 is 2.63 bits per heavy atom. The molecule has 0 aromatic heterocycles. The summed E-state index contributed by atoms with van der Waals surface area (Å²) in [5.74, 6) is -0.413. The summed E-state index contributed by atoms with van der Waals surface area (Å²) in [5.41, 5.74) is 6.45. The molecule has 0 amide bonds. The number of halogens is 1. The summed E-state index contributed by atoms with van der Waals surface area (Å²) in [6.07, 6.45) is 5.60. The Labute approximate surface area is 120 Å². The lowest BCUT2D eigenvalue weighted by molar-refractivity contribution is -0.145. The van der Waals surface area contributed by atoms with Crippen molar-refractivity contribution in [2.75, 3.05) is 6.61 Å². The van der Waals surface area contributed by atoms with Crippen molar-refractivity contribution >= 4 is 17.6 Å². The van der Waals surface area contributed by atoms with Crippen LogP contribution >= 0.6 is 11.6 Å². The molecule has 1 rings (SSSR count). The first-order valence-electron chi connectivity index (χ1n) is 6.83. The van der Waals surface area contributed by atoms with Crippen molar-refractivity contribution in [2.45, 2.75) is 45.1 Å². The lowest BCUT2D eigenvalue weighted by Crippen LogP contribution is -2.24. The van der Waals surface area contributed by atoms with E-state index in [0.717, 1.165) is 12.8 Å². The van der Waals surface area contributed by atoms with Gasteiger partial charge in [0.15, 0.2) is 0 Å². The van der Waals surface area contributed by atoms with Crippen LogP contribution in [-0.2, 0) is 9.53 Å². The normalized spacial score (nSPS) is 12.2. The molecule has 0 spiro atoms. The summed E-state index contributed by atoms with van der Waals surface area (Å²) < 4.78 is 5.17. The molecule has 0 heterocycles. The fourth-order valence-corrected chi connectivity index (χ4v) is 2.08. The lowest BCUT2D eigenvalue weighted by Gasteiger charge is -2.13. The van der Waals surface area contributed by atoms with Crippen LogP contribution in [0, 0.1) is 0 Å². The van der Waals surface area contributed by atoms with Gasteiger partial charge in [0.1, 0.15) is 6.04 Å². The molecule has 0 fully saturated rings. The molecule has 0 radical (unpaired) electrons. The highest BCUT2D eigenvalue weighted by atomic mass is 35.5. The summed E-state index contributed by atoms with van der Waals surface area (Å²) >= 11 is 5.99. The van der Waals surface area contributed by atoms with Gasteiger partial charge in [-0.15, -0.1) is 0 Å². The quantitative estimate of drug-likeness (QED) is 0.582. The smallest absolute Gasteiger partial charge is 0.327 e. The number of benzene rings is 1. The van der Waals surface area contributed by atoms with Gasteiger partial charge in [0.2, 0.25) is 0 Å². The largest absolute Gasteiger partial charge is 0.464 e. The summed E-state index contributed by atoms with van der Waals surface area (Å²) in [5, 5.41) is 0.495. The van der Waals surface area contributed by atoms with Crippen molar-refractivity contribution in [1.82, 2.24) is 0 Å². The maximum Gasteiger partial charge on any atom is 0.327 e. The molecular weight excluding hydrogens is 262 g/mol. The van der Waals surface area contributed by atoms with Crippen LogP contribution in [0.4, 0.5) is 0 Å². The molecule has 0 aliphatic rings. The summed E-state index contributed by atoms with van der Waals surface area (Å²) in [6, 6.07) is 6.27. The predicted octanol–water partition coefficient (Wildman–Crippen LogP) is 3.85. The van der Waals surface area contributed by atoms with Crippen molar-refractivity contribution in [3.05, 3.63) is 34.9 Å². The molecule has 106 valence electrons. The van der Waals surface area contributed by atoms with Gasteiger partial charge in [0.25, 0.3) is 0 Å². The standard InChI is InChI=1S/C15H22ClNO2/c1-2-3-4-5-8-11-19-15(18)14(17)12-9-6-7-10-13(12)16/h6-7,9-10,14H,2-5,8,11,17H2,1H3/t14-/m1/s1. The molecule has 4 heteroatoms. The van der Waals surface area contributed by atoms with Crippen molar-refractivity contribution in [2.24, 2.45) is 5.73 Å². The van der Waals surface area contributed by atoms with Gasteiger partial charge < -0.3 is 10.5 Å². The van der Waals surface area contributed by atoms with E-state index in [1.165, 1.54) is 19.3 Å². The van der Waals surface area contributed by atoms with E-state index in [1.54, 1.807) is 24.3 Å². The third-order valence-electron chi connectivity index (χ3n) is 2.99. The number of nitrogens with two attached hydrogens (primary N) is 1. The molecule has 0 aliphatic carbocycles. The van der Waals surface area contributed by atoms with Gasteiger partial charge >= 0.3 is 5.97 Å². The molecule has 19 heavy (non-hydrogen) atoms. The van der Waals surface area contributed by atoms with E-state index in [-0.39, 0.29) is 0 Å². The number of unbranched alkanes of at least 4 members (excludes halogenated alkanes) is 4. The average Bonchev–Trinajstić information content (AvgIpc) is 2.42. The minimum Gasteiger partial charge on any atom is -0.464 e. The number of carbonyl (C=O) groups excluding carboxylic acids is 1. The first-order chi connectivity index (χ1) is 9.16.